The minimum atomic E-state index is -0.694. The number of aromatic nitrogens is 2. The van der Waals surface area contributed by atoms with Crippen molar-refractivity contribution in [1.82, 2.24) is 9.97 Å². The summed E-state index contributed by atoms with van der Waals surface area (Å²) in [5.74, 6) is -0.0158. The van der Waals surface area contributed by atoms with Crippen LogP contribution in [0.5, 0.6) is 0 Å². The molecule has 19 heavy (non-hydrogen) atoms. The summed E-state index contributed by atoms with van der Waals surface area (Å²) in [5, 5.41) is 0. The van der Waals surface area contributed by atoms with Crippen LogP contribution in [0.25, 0.3) is 0 Å². The van der Waals surface area contributed by atoms with Crippen LogP contribution in [0.4, 0.5) is 0 Å². The largest absolute Gasteiger partial charge is 0.367 e. The summed E-state index contributed by atoms with van der Waals surface area (Å²) in [7, 11) is 0. The fourth-order valence-corrected chi connectivity index (χ4v) is 2.69. The predicted octanol–water partition coefficient (Wildman–Crippen LogP) is 3.03. The maximum Gasteiger partial charge on any atom is 0.214 e. The first-order chi connectivity index (χ1) is 8.99. The number of hydrogen-bond acceptors (Lipinski definition) is 4. The van der Waals surface area contributed by atoms with Gasteiger partial charge in [0.05, 0.1) is 6.20 Å². The second-order valence-electron chi connectivity index (χ2n) is 6.01. The molecular formula is C15H22N2O2. The SMILES string of the molecule is CCOC1(C(=O)c2cnccn2)CCC(C)(C)CC1. The molecule has 0 amide bonds. The van der Waals surface area contributed by atoms with E-state index in [1.165, 1.54) is 6.20 Å². The second-order valence-corrected chi connectivity index (χ2v) is 6.01. The Bertz CT molecular complexity index is 433. The van der Waals surface area contributed by atoms with Crippen molar-refractivity contribution in [3.63, 3.8) is 0 Å². The minimum Gasteiger partial charge on any atom is -0.367 e. The summed E-state index contributed by atoms with van der Waals surface area (Å²) in [4.78, 5) is 20.8. The molecule has 1 aliphatic carbocycles. The Morgan fingerprint density at radius 2 is 1.95 bits per heavy atom. The summed E-state index contributed by atoms with van der Waals surface area (Å²) in [6, 6.07) is 0. The molecular weight excluding hydrogens is 240 g/mol. The van der Waals surface area contributed by atoms with Gasteiger partial charge >= 0.3 is 0 Å². The first-order valence-electron chi connectivity index (χ1n) is 6.94. The van der Waals surface area contributed by atoms with Crippen molar-refractivity contribution < 1.29 is 9.53 Å². The molecule has 1 heterocycles. The van der Waals surface area contributed by atoms with Crippen molar-refractivity contribution in [2.75, 3.05) is 6.61 Å². The molecule has 0 radical (unpaired) electrons. The Morgan fingerprint density at radius 1 is 1.26 bits per heavy atom. The van der Waals surface area contributed by atoms with Crippen LogP contribution in [0.1, 0.15) is 56.9 Å². The Balaban J connectivity index is 2.23. The van der Waals surface area contributed by atoms with Crippen molar-refractivity contribution in [1.29, 1.82) is 0 Å². The molecule has 0 bridgehead atoms. The first-order valence-corrected chi connectivity index (χ1v) is 6.94. The van der Waals surface area contributed by atoms with Gasteiger partial charge in [0.25, 0.3) is 0 Å². The molecule has 1 saturated carbocycles. The van der Waals surface area contributed by atoms with Crippen LogP contribution in [0.2, 0.25) is 0 Å². The van der Waals surface area contributed by atoms with E-state index in [-0.39, 0.29) is 5.78 Å². The summed E-state index contributed by atoms with van der Waals surface area (Å²) < 4.78 is 5.86. The molecule has 0 N–H and O–H groups in total. The van der Waals surface area contributed by atoms with Crippen molar-refractivity contribution in [2.24, 2.45) is 5.41 Å². The Morgan fingerprint density at radius 3 is 2.47 bits per heavy atom. The first kappa shape index (κ1) is 14.1. The van der Waals surface area contributed by atoms with E-state index in [2.05, 4.69) is 23.8 Å². The van der Waals surface area contributed by atoms with Gasteiger partial charge in [-0.25, -0.2) is 4.98 Å². The highest BCUT2D eigenvalue weighted by atomic mass is 16.5. The number of carbonyl (C=O) groups excluding carboxylic acids is 1. The Labute approximate surface area is 114 Å². The predicted molar refractivity (Wildman–Crippen MR) is 73.0 cm³/mol. The quantitative estimate of drug-likeness (QED) is 0.783. The van der Waals surface area contributed by atoms with Crippen LogP contribution in [-0.2, 0) is 4.74 Å². The maximum atomic E-state index is 12.7. The second kappa shape index (κ2) is 5.37. The van der Waals surface area contributed by atoms with Gasteiger partial charge in [-0.1, -0.05) is 13.8 Å². The van der Waals surface area contributed by atoms with Gasteiger partial charge in [0.1, 0.15) is 11.3 Å². The molecule has 0 aliphatic heterocycles. The summed E-state index contributed by atoms with van der Waals surface area (Å²) >= 11 is 0. The molecule has 0 unspecified atom stereocenters. The molecule has 104 valence electrons. The van der Waals surface area contributed by atoms with Gasteiger partial charge in [0, 0.05) is 19.0 Å². The van der Waals surface area contributed by atoms with E-state index < -0.39 is 5.60 Å². The maximum absolute atomic E-state index is 12.7. The van der Waals surface area contributed by atoms with Gasteiger partial charge in [-0.15, -0.1) is 0 Å². The highest BCUT2D eigenvalue weighted by Gasteiger charge is 2.45. The molecule has 4 heteroatoms. The van der Waals surface area contributed by atoms with E-state index in [1.807, 2.05) is 6.92 Å². The number of rotatable bonds is 4. The number of Topliss-reactive ketones (excluding diaryl/α,β-unsaturated/α-hetero) is 1. The average Bonchev–Trinajstić information content (AvgIpc) is 2.42. The van der Waals surface area contributed by atoms with E-state index in [1.54, 1.807) is 12.4 Å². The monoisotopic (exact) mass is 262 g/mol. The normalized spacial score (nSPS) is 21.0. The molecule has 1 aromatic heterocycles. The number of nitrogens with zero attached hydrogens (tertiary/aromatic N) is 2. The molecule has 0 atom stereocenters. The number of carbonyl (C=O) groups is 1. The fourth-order valence-electron chi connectivity index (χ4n) is 2.69. The molecule has 0 saturated heterocycles. The topological polar surface area (TPSA) is 52.1 Å². The van der Waals surface area contributed by atoms with Gasteiger partial charge in [0.15, 0.2) is 0 Å². The van der Waals surface area contributed by atoms with Crippen LogP contribution in [0.15, 0.2) is 18.6 Å². The average molecular weight is 262 g/mol. The van der Waals surface area contributed by atoms with E-state index in [0.29, 0.717) is 17.7 Å². The number of hydrogen-bond donors (Lipinski definition) is 0. The van der Waals surface area contributed by atoms with Crippen LogP contribution in [-0.4, -0.2) is 28.0 Å². The number of ketones is 1. The molecule has 1 aliphatic rings. The molecule has 1 aromatic rings. The lowest BCUT2D eigenvalue weighted by Gasteiger charge is -2.41. The van der Waals surface area contributed by atoms with E-state index in [9.17, 15) is 4.79 Å². The van der Waals surface area contributed by atoms with Gasteiger partial charge in [-0.3, -0.25) is 9.78 Å². The molecule has 0 spiro atoms. The van der Waals surface area contributed by atoms with E-state index >= 15 is 0 Å². The van der Waals surface area contributed by atoms with Crippen LogP contribution < -0.4 is 0 Å². The van der Waals surface area contributed by atoms with Crippen molar-refractivity contribution >= 4 is 5.78 Å². The molecule has 1 fully saturated rings. The minimum absolute atomic E-state index is 0.0158. The molecule has 2 rings (SSSR count). The lowest BCUT2D eigenvalue weighted by atomic mass is 9.69. The Hall–Kier alpha value is -1.29. The summed E-state index contributed by atoms with van der Waals surface area (Å²) in [6.45, 7) is 6.98. The Kier molecular flexibility index (Phi) is 3.99. The smallest absolute Gasteiger partial charge is 0.214 e. The lowest BCUT2D eigenvalue weighted by molar-refractivity contribution is -0.0583. The van der Waals surface area contributed by atoms with Gasteiger partial charge in [-0.2, -0.15) is 0 Å². The zero-order valence-corrected chi connectivity index (χ0v) is 12.0. The molecule has 4 nitrogen and oxygen atoms in total. The van der Waals surface area contributed by atoms with Gasteiger partial charge < -0.3 is 4.74 Å². The highest BCUT2D eigenvalue weighted by Crippen LogP contribution is 2.43. The van der Waals surface area contributed by atoms with Gasteiger partial charge in [-0.05, 0) is 38.0 Å². The highest BCUT2D eigenvalue weighted by molar-refractivity contribution is 6.00. The van der Waals surface area contributed by atoms with Gasteiger partial charge in [0.2, 0.25) is 5.78 Å². The third-order valence-electron chi connectivity index (χ3n) is 4.04. The fraction of sp³-hybridized carbons (Fsp3) is 0.667. The van der Waals surface area contributed by atoms with Crippen molar-refractivity contribution in [3.05, 3.63) is 24.3 Å². The zero-order chi connectivity index (χ0) is 13.9. The third-order valence-corrected chi connectivity index (χ3v) is 4.04. The summed E-state index contributed by atoms with van der Waals surface area (Å²) in [5.41, 5.74) is 0.0134. The standard InChI is InChI=1S/C15H22N2O2/c1-4-19-15(7-5-14(2,3)6-8-15)13(18)12-11-16-9-10-17-12/h9-11H,4-8H2,1-3H3. The van der Waals surface area contributed by atoms with E-state index in [0.717, 1.165) is 25.7 Å². The van der Waals surface area contributed by atoms with Crippen LogP contribution >= 0.6 is 0 Å². The van der Waals surface area contributed by atoms with E-state index in [4.69, 9.17) is 4.74 Å². The van der Waals surface area contributed by atoms with Crippen LogP contribution in [0, 0.1) is 5.41 Å². The summed E-state index contributed by atoms with van der Waals surface area (Å²) in [6.07, 6.45) is 8.20. The molecule has 0 aromatic carbocycles. The lowest BCUT2D eigenvalue weighted by Crippen LogP contribution is -2.46. The van der Waals surface area contributed by atoms with Crippen molar-refractivity contribution in [3.8, 4) is 0 Å². The zero-order valence-electron chi connectivity index (χ0n) is 12.0. The number of ether oxygens (including phenoxy) is 1. The van der Waals surface area contributed by atoms with Crippen molar-refractivity contribution in [2.45, 2.75) is 52.1 Å². The van der Waals surface area contributed by atoms with Crippen LogP contribution in [0.3, 0.4) is 0 Å². The third kappa shape index (κ3) is 3.00.